The third kappa shape index (κ3) is 1.61. The van der Waals surface area contributed by atoms with Gasteiger partial charge in [-0.1, -0.05) is 6.07 Å². The fourth-order valence-electron chi connectivity index (χ4n) is 0.992. The van der Waals surface area contributed by atoms with Crippen LogP contribution in [0.25, 0.3) is 0 Å². The Balaban J connectivity index is 3.35. The van der Waals surface area contributed by atoms with Gasteiger partial charge in [-0.2, -0.15) is 9.65 Å². The molecule has 14 heavy (non-hydrogen) atoms. The maximum atomic E-state index is 13.2. The van der Waals surface area contributed by atoms with Crippen molar-refractivity contribution >= 4 is 5.69 Å². The van der Waals surface area contributed by atoms with Crippen LogP contribution in [0.15, 0.2) is 12.1 Å². The molecule has 0 aliphatic heterocycles. The fourth-order valence-corrected chi connectivity index (χ4v) is 0.992. The van der Waals surface area contributed by atoms with Crippen LogP contribution in [-0.4, -0.2) is 10.0 Å². The zero-order chi connectivity index (χ0) is 10.7. The predicted octanol–water partition coefficient (Wildman–Crippen LogP) is 1.51. The smallest absolute Gasteiger partial charge is 0.346 e. The maximum Gasteiger partial charge on any atom is 0.346 e. The molecule has 0 spiro atoms. The van der Waals surface area contributed by atoms with Crippen molar-refractivity contribution in [1.29, 1.82) is 5.26 Å². The van der Waals surface area contributed by atoms with Gasteiger partial charge < -0.3 is 5.11 Å². The number of nitrogens with zero attached hydrogens (tertiary/aromatic N) is 2. The summed E-state index contributed by atoms with van der Waals surface area (Å²) in [6.45, 7) is 0. The van der Waals surface area contributed by atoms with Crippen molar-refractivity contribution in [3.05, 3.63) is 33.6 Å². The molecule has 1 rings (SSSR count). The van der Waals surface area contributed by atoms with Gasteiger partial charge in [0.1, 0.15) is 0 Å². The first-order chi connectivity index (χ1) is 6.57. The minimum absolute atomic E-state index is 0.1000. The number of rotatable bonds is 2. The summed E-state index contributed by atoms with van der Waals surface area (Å²) < 4.78 is 13.2. The van der Waals surface area contributed by atoms with E-state index in [1.807, 2.05) is 0 Å². The summed E-state index contributed by atoms with van der Waals surface area (Å²) in [6, 6.07) is 3.80. The van der Waals surface area contributed by atoms with Crippen molar-refractivity contribution in [2.24, 2.45) is 0 Å². The first-order valence-electron chi connectivity index (χ1n) is 3.59. The van der Waals surface area contributed by atoms with Crippen LogP contribution in [0.2, 0.25) is 0 Å². The molecule has 0 aliphatic rings. The van der Waals surface area contributed by atoms with Gasteiger partial charge >= 0.3 is 5.69 Å². The molecule has 1 aromatic rings. The minimum Gasteiger partial charge on any atom is -0.502 e. The number of benzene rings is 1. The fraction of sp³-hybridized carbons (Fsp3) is 0.125. The standard InChI is InChI=1S/C8H5FN2O3/c9-7-5(3-4-10)1-2-6(12)8(7)11(13)14/h1-2,12H,3H2. The van der Waals surface area contributed by atoms with Gasteiger partial charge in [-0.05, 0) is 6.07 Å². The van der Waals surface area contributed by atoms with Crippen molar-refractivity contribution in [2.45, 2.75) is 6.42 Å². The van der Waals surface area contributed by atoms with E-state index >= 15 is 0 Å². The summed E-state index contributed by atoms with van der Waals surface area (Å²) >= 11 is 0. The van der Waals surface area contributed by atoms with Gasteiger partial charge in [0, 0.05) is 5.56 Å². The van der Waals surface area contributed by atoms with E-state index in [2.05, 4.69) is 0 Å². The second kappa shape index (κ2) is 3.70. The normalized spacial score (nSPS) is 9.43. The van der Waals surface area contributed by atoms with Gasteiger partial charge in [0.2, 0.25) is 5.82 Å². The van der Waals surface area contributed by atoms with Crippen molar-refractivity contribution in [3.63, 3.8) is 0 Å². The molecule has 1 N–H and O–H groups in total. The Morgan fingerprint density at radius 1 is 1.64 bits per heavy atom. The van der Waals surface area contributed by atoms with E-state index in [0.29, 0.717) is 0 Å². The topological polar surface area (TPSA) is 87.2 Å². The van der Waals surface area contributed by atoms with Gasteiger partial charge in [0.25, 0.3) is 0 Å². The molecule has 0 radical (unpaired) electrons. The van der Waals surface area contributed by atoms with Crippen molar-refractivity contribution in [2.75, 3.05) is 0 Å². The molecule has 72 valence electrons. The molecule has 0 bridgehead atoms. The van der Waals surface area contributed by atoms with E-state index in [0.717, 1.165) is 12.1 Å². The highest BCUT2D eigenvalue weighted by Crippen LogP contribution is 2.30. The molecular weight excluding hydrogens is 191 g/mol. The molecule has 0 fully saturated rings. The summed E-state index contributed by atoms with van der Waals surface area (Å²) in [7, 11) is 0. The van der Waals surface area contributed by atoms with Gasteiger partial charge in [0.05, 0.1) is 17.4 Å². The van der Waals surface area contributed by atoms with Crippen LogP contribution in [0, 0.1) is 27.3 Å². The molecule has 0 aromatic heterocycles. The third-order valence-electron chi connectivity index (χ3n) is 1.63. The number of aromatic hydroxyl groups is 1. The zero-order valence-electron chi connectivity index (χ0n) is 6.90. The molecule has 0 amide bonds. The van der Waals surface area contributed by atoms with Crippen LogP contribution in [0.4, 0.5) is 10.1 Å². The number of hydrogen-bond acceptors (Lipinski definition) is 4. The average molecular weight is 196 g/mol. The number of halogens is 1. The highest BCUT2D eigenvalue weighted by atomic mass is 19.1. The molecule has 0 aliphatic carbocycles. The lowest BCUT2D eigenvalue weighted by atomic mass is 10.1. The monoisotopic (exact) mass is 196 g/mol. The van der Waals surface area contributed by atoms with Crippen molar-refractivity contribution < 1.29 is 14.4 Å². The van der Waals surface area contributed by atoms with Gasteiger partial charge in [-0.3, -0.25) is 10.1 Å². The molecule has 0 saturated heterocycles. The first kappa shape index (κ1) is 9.92. The van der Waals surface area contributed by atoms with Crippen LogP contribution < -0.4 is 0 Å². The Kier molecular flexibility index (Phi) is 2.62. The SMILES string of the molecule is N#CCc1ccc(O)c([N+](=O)[O-])c1F. The van der Waals surface area contributed by atoms with E-state index in [1.165, 1.54) is 0 Å². The van der Waals surface area contributed by atoms with Gasteiger partial charge in [-0.15, -0.1) is 0 Å². The summed E-state index contributed by atoms with van der Waals surface area (Å²) in [5.41, 5.74) is -1.09. The Morgan fingerprint density at radius 3 is 2.79 bits per heavy atom. The Hall–Kier alpha value is -2.16. The Morgan fingerprint density at radius 2 is 2.29 bits per heavy atom. The zero-order valence-corrected chi connectivity index (χ0v) is 6.90. The first-order valence-corrected chi connectivity index (χ1v) is 3.59. The summed E-state index contributed by atoms with van der Waals surface area (Å²) in [4.78, 5) is 9.30. The van der Waals surface area contributed by atoms with Crippen LogP contribution in [-0.2, 0) is 6.42 Å². The maximum absolute atomic E-state index is 13.2. The summed E-state index contributed by atoms with van der Waals surface area (Å²) in [6.07, 6.45) is -0.271. The minimum atomic E-state index is -1.16. The number of nitriles is 1. The van der Waals surface area contributed by atoms with Gasteiger partial charge in [0.15, 0.2) is 5.75 Å². The van der Waals surface area contributed by atoms with Crippen LogP contribution in [0.5, 0.6) is 5.75 Å². The average Bonchev–Trinajstić information content (AvgIpc) is 2.10. The van der Waals surface area contributed by atoms with Gasteiger partial charge in [-0.25, -0.2) is 0 Å². The Bertz CT molecular complexity index is 425. The van der Waals surface area contributed by atoms with E-state index in [-0.39, 0.29) is 12.0 Å². The van der Waals surface area contributed by atoms with E-state index in [4.69, 9.17) is 10.4 Å². The van der Waals surface area contributed by atoms with Crippen LogP contribution >= 0.6 is 0 Å². The van der Waals surface area contributed by atoms with E-state index in [9.17, 15) is 14.5 Å². The molecular formula is C8H5FN2O3. The highest BCUT2D eigenvalue weighted by molar-refractivity contribution is 5.49. The Labute approximate surface area is 78.2 Å². The number of nitro groups is 1. The molecule has 1 aromatic carbocycles. The van der Waals surface area contributed by atoms with Crippen LogP contribution in [0.3, 0.4) is 0 Å². The molecule has 0 heterocycles. The van der Waals surface area contributed by atoms with Crippen molar-refractivity contribution in [1.82, 2.24) is 0 Å². The molecule has 5 nitrogen and oxygen atoms in total. The predicted molar refractivity (Wildman–Crippen MR) is 44.0 cm³/mol. The number of phenolic OH excluding ortho intramolecular Hbond substituents is 1. The number of nitro benzene ring substituents is 1. The second-order valence-corrected chi connectivity index (χ2v) is 2.50. The second-order valence-electron chi connectivity index (χ2n) is 2.50. The summed E-state index contributed by atoms with van der Waals surface area (Å²) in [5.74, 6) is -1.90. The molecule has 6 heteroatoms. The van der Waals surface area contributed by atoms with Crippen LogP contribution in [0.1, 0.15) is 5.56 Å². The number of phenols is 1. The summed E-state index contributed by atoms with van der Waals surface area (Å²) in [5, 5.41) is 27.6. The quantitative estimate of drug-likeness (QED) is 0.573. The lowest BCUT2D eigenvalue weighted by Gasteiger charge is -2.00. The molecule has 0 atom stereocenters. The lowest BCUT2D eigenvalue weighted by molar-refractivity contribution is -0.388. The molecule has 0 unspecified atom stereocenters. The van der Waals surface area contributed by atoms with E-state index in [1.54, 1.807) is 6.07 Å². The highest BCUT2D eigenvalue weighted by Gasteiger charge is 2.22. The largest absolute Gasteiger partial charge is 0.502 e. The van der Waals surface area contributed by atoms with E-state index < -0.39 is 22.2 Å². The third-order valence-corrected chi connectivity index (χ3v) is 1.63. The van der Waals surface area contributed by atoms with Crippen molar-refractivity contribution in [3.8, 4) is 11.8 Å². The number of hydrogen-bond donors (Lipinski definition) is 1. The lowest BCUT2D eigenvalue weighted by Crippen LogP contribution is -1.97. The molecule has 0 saturated carbocycles.